The molecule has 0 saturated heterocycles. The van der Waals surface area contributed by atoms with Gasteiger partial charge in [0.15, 0.2) is 35.5 Å². The minimum absolute atomic E-state index is 0.00284. The highest BCUT2D eigenvalue weighted by atomic mass is 16.6. The number of hydrogen-bond donors (Lipinski definition) is 2. The summed E-state index contributed by atoms with van der Waals surface area (Å²) in [6, 6.07) is 3.97. The van der Waals surface area contributed by atoms with Crippen LogP contribution >= 0.6 is 0 Å². The molecule has 2 aromatic rings. The highest BCUT2D eigenvalue weighted by Crippen LogP contribution is 2.44. The number of anilines is 2. The molecule has 0 aliphatic carbocycles. The van der Waals surface area contributed by atoms with Crippen molar-refractivity contribution in [2.24, 2.45) is 0 Å². The second-order valence-electron chi connectivity index (χ2n) is 14.6. The van der Waals surface area contributed by atoms with Gasteiger partial charge in [-0.3, -0.25) is 14.4 Å². The summed E-state index contributed by atoms with van der Waals surface area (Å²) >= 11 is 0. The molecule has 0 unspecified atom stereocenters. The van der Waals surface area contributed by atoms with Crippen LogP contribution in [0.15, 0.2) is 97.4 Å². The molecule has 4 aliphatic heterocycles. The van der Waals surface area contributed by atoms with Gasteiger partial charge >= 0.3 is 25.6 Å². The molecule has 337 valence electrons. The predicted molar refractivity (Wildman–Crippen MR) is 233 cm³/mol. The molecule has 4 heterocycles. The molecule has 2 N–H and O–H groups in total. The number of aliphatic hydroxyl groups is 2. The average Bonchev–Trinajstić information content (AvgIpc) is 3.88. The van der Waals surface area contributed by atoms with Gasteiger partial charge in [0.25, 0.3) is 11.8 Å². The van der Waals surface area contributed by atoms with Crippen LogP contribution in [0.4, 0.5) is 21.0 Å². The van der Waals surface area contributed by atoms with Gasteiger partial charge < -0.3 is 53.1 Å². The lowest BCUT2D eigenvalue weighted by Gasteiger charge is -2.31. The highest BCUT2D eigenvalue weighted by Gasteiger charge is 2.47. The highest BCUT2D eigenvalue weighted by molar-refractivity contribution is 6.36. The molecule has 1 radical (unpaired) electrons. The van der Waals surface area contributed by atoms with Crippen molar-refractivity contribution in [3.8, 4) is 23.0 Å². The smallest absolute Gasteiger partial charge is 0.416 e. The lowest BCUT2D eigenvalue weighted by Crippen LogP contribution is -2.50. The Bertz CT molecular complexity index is 2290. The maximum absolute atomic E-state index is 14.1. The fourth-order valence-corrected chi connectivity index (χ4v) is 7.68. The molecule has 19 heteroatoms. The summed E-state index contributed by atoms with van der Waals surface area (Å²) in [6.07, 6.45) is 8.57. The third-order valence-corrected chi connectivity index (χ3v) is 10.5. The van der Waals surface area contributed by atoms with E-state index in [4.69, 9.17) is 33.1 Å². The number of aliphatic hydroxyl groups excluding tert-OH is 2. The number of ether oxygens (including phenoxy) is 6. The molecule has 0 saturated carbocycles. The monoisotopic (exact) mass is 881 g/mol. The Hall–Kier alpha value is -6.99. The van der Waals surface area contributed by atoms with Crippen LogP contribution in [0.5, 0.6) is 23.0 Å². The van der Waals surface area contributed by atoms with Crippen LogP contribution in [-0.4, -0.2) is 123 Å². The van der Waals surface area contributed by atoms with Crippen molar-refractivity contribution in [1.29, 1.82) is 0 Å². The van der Waals surface area contributed by atoms with E-state index in [0.29, 0.717) is 0 Å². The van der Waals surface area contributed by atoms with Gasteiger partial charge in [-0.05, 0) is 50.0 Å². The number of methoxy groups -OCH3 is 2. The first-order valence-electron chi connectivity index (χ1n) is 20.4. The molecule has 0 fully saturated rings. The van der Waals surface area contributed by atoms with E-state index in [0.717, 1.165) is 28.4 Å². The Kier molecular flexibility index (Phi) is 15.2. The van der Waals surface area contributed by atoms with Gasteiger partial charge in [-0.1, -0.05) is 49.6 Å². The molecule has 0 aromatic heterocycles. The van der Waals surface area contributed by atoms with Gasteiger partial charge in [0, 0.05) is 31.0 Å². The minimum Gasteiger partial charge on any atom is -0.522 e. The van der Waals surface area contributed by atoms with E-state index in [2.05, 4.69) is 13.2 Å². The first kappa shape index (κ1) is 46.5. The number of carbonyl (C=O) groups excluding carboxylic acids is 5. The van der Waals surface area contributed by atoms with E-state index in [1.165, 1.54) is 60.4 Å². The Morgan fingerprint density at radius 2 is 1.19 bits per heavy atom. The molecular formula is C45H50BN4O14. The maximum Gasteiger partial charge on any atom is 0.416 e. The van der Waals surface area contributed by atoms with Gasteiger partial charge in [-0.25, -0.2) is 19.4 Å². The van der Waals surface area contributed by atoms with Crippen LogP contribution in [0.1, 0.15) is 53.8 Å². The standard InChI is InChI=1S/C45H50BN4O14/c1-7-12-27-18-33-42(54)49(44(56)63-15-10-4)31-22-37(35(58-5)20-29(31)40(52)47(33)25-27)60-16-11-17-61-38-23-32-30(21-36(38)59-6)41(53)48-26-28(13-8-2)19-34(48)43(55)50(32)45(57)64-46-24-39(51)62-14-9-3/h7-10,12-13,20-23,25-26,33-34,42-43,54-55H,3-4,11,14-19,24H2,1-2,5-6H3/b12-7+,13-8+/t33-,34-,42-,43-/m0/s1. The molecule has 4 atom stereocenters. The summed E-state index contributed by atoms with van der Waals surface area (Å²) < 4.78 is 39.1. The fraction of sp³-hybridized carbons (Fsp3) is 0.356. The second-order valence-corrected chi connectivity index (χ2v) is 14.6. The summed E-state index contributed by atoms with van der Waals surface area (Å²) in [6.45, 7) is 10.6. The number of rotatable bonds is 17. The Morgan fingerprint density at radius 3 is 1.64 bits per heavy atom. The first-order chi connectivity index (χ1) is 30.9. The maximum atomic E-state index is 14.1. The zero-order valence-corrected chi connectivity index (χ0v) is 36.0. The summed E-state index contributed by atoms with van der Waals surface area (Å²) in [7, 11) is 3.72. The zero-order valence-electron chi connectivity index (χ0n) is 36.0. The molecule has 6 rings (SSSR count). The summed E-state index contributed by atoms with van der Waals surface area (Å²) in [4.78, 5) is 72.0. The third-order valence-electron chi connectivity index (χ3n) is 10.5. The number of esters is 1. The van der Waals surface area contributed by atoms with E-state index in [1.807, 2.05) is 26.0 Å². The molecule has 4 aliphatic rings. The van der Waals surface area contributed by atoms with Gasteiger partial charge in [0.1, 0.15) is 13.2 Å². The van der Waals surface area contributed by atoms with Crippen LogP contribution in [0, 0.1) is 0 Å². The normalized spacial score (nSPS) is 20.0. The van der Waals surface area contributed by atoms with E-state index in [9.17, 15) is 34.2 Å². The molecule has 18 nitrogen and oxygen atoms in total. The lowest BCUT2D eigenvalue weighted by atomic mass is 9.96. The Morgan fingerprint density at radius 1 is 0.719 bits per heavy atom. The van der Waals surface area contributed by atoms with Crippen LogP contribution in [0.2, 0.25) is 6.32 Å². The number of fused-ring (bicyclic) bond motifs is 4. The molecule has 0 spiro atoms. The van der Waals surface area contributed by atoms with Crippen molar-refractivity contribution >= 4 is 48.8 Å². The molecular weight excluding hydrogens is 831 g/mol. The second kappa shape index (κ2) is 20.9. The third kappa shape index (κ3) is 9.64. The van der Waals surface area contributed by atoms with Crippen molar-refractivity contribution in [2.75, 3.05) is 50.4 Å². The van der Waals surface area contributed by atoms with E-state index in [-0.39, 0.29) is 97.5 Å². The first-order valence-corrected chi connectivity index (χ1v) is 20.4. The number of allylic oxidation sites excluding steroid dienone is 4. The zero-order chi connectivity index (χ0) is 46.1. The van der Waals surface area contributed by atoms with Crippen molar-refractivity contribution in [3.63, 3.8) is 0 Å². The quantitative estimate of drug-likeness (QED) is 0.0884. The fourth-order valence-electron chi connectivity index (χ4n) is 7.68. The van der Waals surface area contributed by atoms with Crippen LogP contribution in [0.3, 0.4) is 0 Å². The van der Waals surface area contributed by atoms with E-state index in [1.54, 1.807) is 24.6 Å². The molecule has 4 amide bonds. The Labute approximate surface area is 371 Å². The number of amides is 4. The van der Waals surface area contributed by atoms with E-state index >= 15 is 0 Å². The summed E-state index contributed by atoms with van der Waals surface area (Å²) in [5.74, 6) is -1.08. The van der Waals surface area contributed by atoms with Crippen LogP contribution < -0.4 is 28.7 Å². The van der Waals surface area contributed by atoms with Gasteiger partial charge in [0.2, 0.25) is 0 Å². The minimum atomic E-state index is -1.59. The van der Waals surface area contributed by atoms with Gasteiger partial charge in [-0.15, -0.1) is 0 Å². The summed E-state index contributed by atoms with van der Waals surface area (Å²) in [5.41, 5.74) is 1.62. The number of carbonyl (C=O) groups is 5. The van der Waals surface area contributed by atoms with Crippen molar-refractivity contribution in [2.45, 2.75) is 64.0 Å². The molecule has 2 aromatic carbocycles. The SMILES string of the molecule is C=CCOC(=O)C[B]OC(=O)N1c2cc(OCCCOc3cc4c(cc3OC)C(=O)N3C=C(/C=C/C)C[C@H]3[C@H](O)N4C(=O)OCC=C)c(OC)cc2C(=O)N2C=C(/C=C/C)C[C@H]2[C@@H]1O. The topological polar surface area (TPSA) is 203 Å². The lowest BCUT2D eigenvalue weighted by molar-refractivity contribution is -0.139. The van der Waals surface area contributed by atoms with Crippen LogP contribution in [0.25, 0.3) is 0 Å². The van der Waals surface area contributed by atoms with E-state index < -0.39 is 54.5 Å². The van der Waals surface area contributed by atoms with Crippen LogP contribution in [-0.2, 0) is 18.9 Å². The Balaban J connectivity index is 1.23. The van der Waals surface area contributed by atoms with Crippen molar-refractivity contribution in [3.05, 3.63) is 109 Å². The van der Waals surface area contributed by atoms with Crippen molar-refractivity contribution < 1.29 is 67.3 Å². The van der Waals surface area contributed by atoms with Gasteiger partial charge in [0.05, 0.1) is 68.3 Å². The largest absolute Gasteiger partial charge is 0.522 e. The number of hydrogen-bond acceptors (Lipinski definition) is 14. The number of benzene rings is 2. The molecule has 0 bridgehead atoms. The van der Waals surface area contributed by atoms with Crippen molar-refractivity contribution in [1.82, 2.24) is 9.80 Å². The predicted octanol–water partition coefficient (Wildman–Crippen LogP) is 5.40. The molecule has 64 heavy (non-hydrogen) atoms. The average molecular weight is 882 g/mol. The van der Waals surface area contributed by atoms with Gasteiger partial charge in [-0.2, -0.15) is 0 Å². The summed E-state index contributed by atoms with van der Waals surface area (Å²) in [5, 5.41) is 23.4. The number of nitrogens with zero attached hydrogens (tertiary/aromatic N) is 4.